The number of carbonyl (C=O) groups excluding carboxylic acids is 1. The fourth-order valence-electron chi connectivity index (χ4n) is 7.57. The summed E-state index contributed by atoms with van der Waals surface area (Å²) in [4.78, 5) is 12.7. The first-order valence-electron chi connectivity index (χ1n) is 9.96. The topological polar surface area (TPSA) is 65.0 Å². The summed E-state index contributed by atoms with van der Waals surface area (Å²) in [6.07, 6.45) is 5.79. The maximum Gasteiger partial charge on any atom is 0.312 e. The van der Waals surface area contributed by atoms with Gasteiger partial charge in [0.2, 0.25) is 0 Å². The van der Waals surface area contributed by atoms with Crippen LogP contribution in [0.25, 0.3) is 0 Å². The van der Waals surface area contributed by atoms with Crippen molar-refractivity contribution in [1.29, 1.82) is 0 Å². The Balaban J connectivity index is 1.58. The molecule has 5 heteroatoms. The van der Waals surface area contributed by atoms with Crippen LogP contribution in [0.4, 0.5) is 0 Å². The van der Waals surface area contributed by atoms with E-state index in [2.05, 4.69) is 20.8 Å². The van der Waals surface area contributed by atoms with E-state index in [1.54, 1.807) is 0 Å². The van der Waals surface area contributed by atoms with Crippen molar-refractivity contribution in [2.75, 3.05) is 6.61 Å². The molecule has 1 N–H and O–H groups in total. The summed E-state index contributed by atoms with van der Waals surface area (Å²) in [5.74, 6) is 0.578. The lowest BCUT2D eigenvalue weighted by atomic mass is 9.44. The van der Waals surface area contributed by atoms with Crippen molar-refractivity contribution in [3.05, 3.63) is 0 Å². The molecule has 5 fully saturated rings. The Kier molecular flexibility index (Phi) is 3.16. The monoisotopic (exact) mass is 350 g/mol. The fraction of sp³-hybridized carbons (Fsp3) is 0.950. The van der Waals surface area contributed by atoms with Gasteiger partial charge in [-0.2, -0.15) is 0 Å². The molecule has 0 radical (unpaired) electrons. The second-order valence-electron chi connectivity index (χ2n) is 9.89. The van der Waals surface area contributed by atoms with Crippen LogP contribution in [0.5, 0.6) is 0 Å². The fourth-order valence-corrected chi connectivity index (χ4v) is 7.57. The van der Waals surface area contributed by atoms with Crippen LogP contribution in [0.15, 0.2) is 0 Å². The number of hydrogen-bond acceptors (Lipinski definition) is 5. The lowest BCUT2D eigenvalue weighted by molar-refractivity contribution is -0.251. The van der Waals surface area contributed by atoms with Gasteiger partial charge in [0, 0.05) is 17.8 Å². The van der Waals surface area contributed by atoms with Crippen molar-refractivity contribution in [2.24, 2.45) is 22.7 Å². The second-order valence-corrected chi connectivity index (χ2v) is 9.89. The van der Waals surface area contributed by atoms with Crippen LogP contribution in [0.3, 0.4) is 0 Å². The lowest BCUT2D eigenvalue weighted by Gasteiger charge is -2.62. The standard InChI is InChI=1S/C20H30O5/c1-12-9-13-15-17(2,16(22)24-13)5-4-6-18(15,3)20(12)8-7-19(25-20)10-14(21)23-11-19/h12-15,21H,4-11H2,1-3H3/t12-,13-,14+,15+,17+,18+,19-,20-/m1/s1. The molecule has 0 aromatic carbocycles. The first kappa shape index (κ1) is 16.5. The molecular weight excluding hydrogens is 320 g/mol. The number of esters is 1. The zero-order valence-corrected chi connectivity index (χ0v) is 15.5. The SMILES string of the molecule is C[C@@H]1C[C@H]2OC(=O)[C@@]3(C)CCC[C@@](C)([C@@H]23)[C@@]12CC[C@@]1(CO[C@H](O)C1)O2. The Bertz CT molecular complexity index is 621. The Hall–Kier alpha value is -0.650. The van der Waals surface area contributed by atoms with Crippen LogP contribution < -0.4 is 0 Å². The van der Waals surface area contributed by atoms with Gasteiger partial charge in [-0.25, -0.2) is 0 Å². The van der Waals surface area contributed by atoms with Crippen molar-refractivity contribution in [1.82, 2.24) is 0 Å². The van der Waals surface area contributed by atoms with Gasteiger partial charge < -0.3 is 19.3 Å². The van der Waals surface area contributed by atoms with E-state index < -0.39 is 6.29 Å². The maximum absolute atomic E-state index is 12.7. The summed E-state index contributed by atoms with van der Waals surface area (Å²) in [6.45, 7) is 7.23. The molecule has 3 aliphatic heterocycles. The molecule has 25 heavy (non-hydrogen) atoms. The summed E-state index contributed by atoms with van der Waals surface area (Å²) < 4.78 is 18.3. The van der Waals surface area contributed by atoms with Crippen LogP contribution in [0, 0.1) is 22.7 Å². The highest BCUT2D eigenvalue weighted by Crippen LogP contribution is 2.70. The molecule has 3 heterocycles. The minimum atomic E-state index is -0.706. The Morgan fingerprint density at radius 1 is 1.16 bits per heavy atom. The maximum atomic E-state index is 12.7. The summed E-state index contributed by atoms with van der Waals surface area (Å²) >= 11 is 0. The van der Waals surface area contributed by atoms with Crippen LogP contribution >= 0.6 is 0 Å². The van der Waals surface area contributed by atoms with Crippen LogP contribution in [0.2, 0.25) is 0 Å². The van der Waals surface area contributed by atoms with Crippen molar-refractivity contribution in [3.63, 3.8) is 0 Å². The summed E-state index contributed by atoms with van der Waals surface area (Å²) in [7, 11) is 0. The largest absolute Gasteiger partial charge is 0.462 e. The van der Waals surface area contributed by atoms with E-state index in [-0.39, 0.29) is 40.0 Å². The zero-order valence-electron chi connectivity index (χ0n) is 15.5. The normalized spacial score (nSPS) is 60.2. The molecule has 5 rings (SSSR count). The molecule has 5 aliphatic rings. The molecule has 0 bridgehead atoms. The van der Waals surface area contributed by atoms with Crippen molar-refractivity contribution < 1.29 is 24.1 Å². The highest BCUT2D eigenvalue weighted by Gasteiger charge is 2.74. The molecule has 2 spiro atoms. The van der Waals surface area contributed by atoms with Crippen LogP contribution in [-0.2, 0) is 19.0 Å². The highest BCUT2D eigenvalue weighted by molar-refractivity contribution is 5.80. The van der Waals surface area contributed by atoms with Gasteiger partial charge in [0.05, 0.1) is 23.2 Å². The summed E-state index contributed by atoms with van der Waals surface area (Å²) in [5, 5.41) is 9.91. The highest BCUT2D eigenvalue weighted by atomic mass is 16.6. The molecule has 0 aromatic heterocycles. The van der Waals surface area contributed by atoms with Crippen LogP contribution in [0.1, 0.15) is 65.7 Å². The smallest absolute Gasteiger partial charge is 0.312 e. The van der Waals surface area contributed by atoms with E-state index in [4.69, 9.17) is 14.2 Å². The second kappa shape index (κ2) is 4.79. The number of hydrogen-bond donors (Lipinski definition) is 1. The molecule has 2 saturated carbocycles. The van der Waals surface area contributed by atoms with E-state index in [9.17, 15) is 9.90 Å². The van der Waals surface area contributed by atoms with Gasteiger partial charge in [-0.15, -0.1) is 0 Å². The Labute approximate surface area is 149 Å². The number of rotatable bonds is 0. The zero-order chi connectivity index (χ0) is 17.7. The average Bonchev–Trinajstić information content (AvgIpc) is 3.17. The molecule has 5 nitrogen and oxygen atoms in total. The van der Waals surface area contributed by atoms with E-state index in [1.807, 2.05) is 0 Å². The minimum absolute atomic E-state index is 0.00464. The van der Waals surface area contributed by atoms with Gasteiger partial charge in [0.1, 0.15) is 6.10 Å². The molecule has 8 atom stereocenters. The van der Waals surface area contributed by atoms with E-state index in [1.165, 1.54) is 0 Å². The molecule has 140 valence electrons. The number of carbonyl (C=O) groups is 1. The average molecular weight is 350 g/mol. The van der Waals surface area contributed by atoms with Gasteiger partial charge in [-0.1, -0.05) is 20.3 Å². The Morgan fingerprint density at radius 2 is 1.96 bits per heavy atom. The van der Waals surface area contributed by atoms with E-state index >= 15 is 0 Å². The minimum Gasteiger partial charge on any atom is -0.462 e. The van der Waals surface area contributed by atoms with Crippen molar-refractivity contribution in [2.45, 2.75) is 89.3 Å². The van der Waals surface area contributed by atoms with E-state index in [0.717, 1.165) is 38.5 Å². The molecule has 3 saturated heterocycles. The third kappa shape index (κ3) is 1.83. The number of aliphatic hydroxyl groups is 1. The quantitative estimate of drug-likeness (QED) is 0.681. The molecular formula is C20H30O5. The molecule has 0 amide bonds. The Morgan fingerprint density at radius 3 is 2.68 bits per heavy atom. The molecule has 0 unspecified atom stereocenters. The lowest BCUT2D eigenvalue weighted by Crippen LogP contribution is -2.65. The van der Waals surface area contributed by atoms with Gasteiger partial charge >= 0.3 is 5.97 Å². The third-order valence-electron chi connectivity index (χ3n) is 8.65. The summed E-state index contributed by atoms with van der Waals surface area (Å²) in [6, 6.07) is 0. The first-order valence-corrected chi connectivity index (χ1v) is 9.96. The van der Waals surface area contributed by atoms with Gasteiger partial charge in [0.15, 0.2) is 6.29 Å². The van der Waals surface area contributed by atoms with Gasteiger partial charge in [-0.3, -0.25) is 4.79 Å². The number of aliphatic hydroxyl groups excluding tert-OH is 1. The van der Waals surface area contributed by atoms with Gasteiger partial charge in [-0.05, 0) is 44.9 Å². The predicted octanol–water partition coefficient (Wildman–Crippen LogP) is 2.79. The number of fused-ring (bicyclic) bond motifs is 1. The molecule has 0 aromatic rings. The van der Waals surface area contributed by atoms with Crippen molar-refractivity contribution >= 4 is 5.97 Å². The third-order valence-corrected chi connectivity index (χ3v) is 8.65. The number of ether oxygens (including phenoxy) is 3. The molecule has 2 aliphatic carbocycles. The summed E-state index contributed by atoms with van der Waals surface area (Å²) in [5.41, 5.74) is -1.01. The van der Waals surface area contributed by atoms with E-state index in [0.29, 0.717) is 18.9 Å². The van der Waals surface area contributed by atoms with Crippen LogP contribution in [-0.4, -0.2) is 41.3 Å². The first-order chi connectivity index (χ1) is 11.7. The van der Waals surface area contributed by atoms with Crippen molar-refractivity contribution in [3.8, 4) is 0 Å². The van der Waals surface area contributed by atoms with Gasteiger partial charge in [0.25, 0.3) is 0 Å². The predicted molar refractivity (Wildman–Crippen MR) is 89.6 cm³/mol.